The van der Waals surface area contributed by atoms with Crippen LogP contribution in [0.15, 0.2) is 47.2 Å². The highest BCUT2D eigenvalue weighted by Gasteiger charge is 2.46. The van der Waals surface area contributed by atoms with E-state index in [1.807, 2.05) is 24.3 Å². The van der Waals surface area contributed by atoms with Crippen molar-refractivity contribution in [1.82, 2.24) is 0 Å². The molecular formula is C21H20F3N2O2+. The number of para-hydroxylation sites is 1. The normalized spacial score (nSPS) is 24.5. The minimum absolute atomic E-state index is 0.0617. The monoisotopic (exact) mass is 389 g/mol. The predicted octanol–water partition coefficient (Wildman–Crippen LogP) is 4.60. The maximum Gasteiger partial charge on any atom is 0.516 e. The second kappa shape index (κ2) is 7.01. The number of rotatable bonds is 1. The molecule has 7 heteroatoms. The zero-order valence-corrected chi connectivity index (χ0v) is 15.2. The van der Waals surface area contributed by atoms with Crippen molar-refractivity contribution < 1.29 is 27.6 Å². The highest BCUT2D eigenvalue weighted by molar-refractivity contribution is 5.74. The van der Waals surface area contributed by atoms with Gasteiger partial charge in [-0.2, -0.15) is 23.0 Å². The zero-order valence-electron chi connectivity index (χ0n) is 15.2. The number of aliphatic hydroxyl groups is 1. The SMILES string of the molecule is N#CC1=CC2=C(CC1)C(C1CC[N+](=C(O)C(F)(F)F)CC1)c1ccccc1O2. The molecule has 0 aromatic heterocycles. The molecule has 1 aromatic carbocycles. The Balaban J connectivity index is 1.66. The molecule has 0 amide bonds. The van der Waals surface area contributed by atoms with Crippen LogP contribution in [-0.2, 0) is 0 Å². The lowest BCUT2D eigenvalue weighted by Gasteiger charge is -2.37. The average molecular weight is 389 g/mol. The first-order valence-electron chi connectivity index (χ1n) is 9.37. The van der Waals surface area contributed by atoms with Gasteiger partial charge in [0.25, 0.3) is 0 Å². The molecule has 146 valence electrons. The molecule has 3 aliphatic rings. The van der Waals surface area contributed by atoms with E-state index >= 15 is 0 Å². The van der Waals surface area contributed by atoms with Crippen molar-refractivity contribution >= 4 is 5.90 Å². The Morgan fingerprint density at radius 1 is 1.18 bits per heavy atom. The lowest BCUT2D eigenvalue weighted by molar-refractivity contribution is -0.555. The molecule has 1 aromatic rings. The second-order valence-corrected chi connectivity index (χ2v) is 7.43. The molecule has 0 spiro atoms. The molecule has 2 heterocycles. The lowest BCUT2D eigenvalue weighted by Crippen LogP contribution is -2.39. The number of fused-ring (bicyclic) bond motifs is 1. The van der Waals surface area contributed by atoms with Gasteiger partial charge in [0.2, 0.25) is 0 Å². The van der Waals surface area contributed by atoms with Crippen molar-refractivity contribution in [3.63, 3.8) is 0 Å². The number of nitriles is 1. The Labute approximate surface area is 160 Å². The molecule has 1 N–H and O–H groups in total. The third-order valence-electron chi connectivity index (χ3n) is 5.84. The summed E-state index contributed by atoms with van der Waals surface area (Å²) in [7, 11) is 0. The van der Waals surface area contributed by atoms with Crippen LogP contribution in [-0.4, -0.2) is 34.8 Å². The van der Waals surface area contributed by atoms with Crippen LogP contribution in [0.2, 0.25) is 0 Å². The minimum Gasteiger partial charge on any atom is -0.457 e. The Morgan fingerprint density at radius 3 is 2.57 bits per heavy atom. The van der Waals surface area contributed by atoms with E-state index in [4.69, 9.17) is 4.74 Å². The van der Waals surface area contributed by atoms with Gasteiger partial charge in [-0.1, -0.05) is 18.2 Å². The van der Waals surface area contributed by atoms with Crippen LogP contribution in [0.25, 0.3) is 0 Å². The standard InChI is InChI=1S/C21H19F3N2O2/c22-21(23,24)20(27)26-9-7-14(8-10-26)19-15-3-1-2-4-17(15)28-18-11-13(12-25)5-6-16(18)19/h1-4,11,14,19H,5-10H2/p+1. The number of hydrogen-bond acceptors (Lipinski definition) is 2. The van der Waals surface area contributed by atoms with Gasteiger partial charge in [-0.15, -0.1) is 0 Å². The summed E-state index contributed by atoms with van der Waals surface area (Å²) >= 11 is 0. The number of hydrogen-bond donors (Lipinski definition) is 1. The van der Waals surface area contributed by atoms with Gasteiger partial charge in [0.15, 0.2) is 0 Å². The van der Waals surface area contributed by atoms with Crippen molar-refractivity contribution in [2.75, 3.05) is 13.1 Å². The number of halogens is 3. The van der Waals surface area contributed by atoms with Crippen LogP contribution in [0.5, 0.6) is 5.75 Å². The second-order valence-electron chi connectivity index (χ2n) is 7.43. The van der Waals surface area contributed by atoms with Crippen molar-refractivity contribution in [3.8, 4) is 11.8 Å². The van der Waals surface area contributed by atoms with E-state index < -0.39 is 12.1 Å². The van der Waals surface area contributed by atoms with E-state index in [9.17, 15) is 23.5 Å². The fourth-order valence-corrected chi connectivity index (χ4v) is 4.51. The maximum absolute atomic E-state index is 12.8. The summed E-state index contributed by atoms with van der Waals surface area (Å²) in [4.78, 5) is 0. The van der Waals surface area contributed by atoms with Crippen LogP contribution >= 0.6 is 0 Å². The number of allylic oxidation sites excluding steroid dienone is 3. The van der Waals surface area contributed by atoms with E-state index in [1.54, 1.807) is 6.08 Å². The average Bonchev–Trinajstić information content (AvgIpc) is 2.70. The van der Waals surface area contributed by atoms with Crippen LogP contribution in [0, 0.1) is 17.2 Å². The molecular weight excluding hydrogens is 369 g/mol. The Bertz CT molecular complexity index is 928. The number of alkyl halides is 3. The first kappa shape index (κ1) is 18.6. The largest absolute Gasteiger partial charge is 0.516 e. The van der Waals surface area contributed by atoms with E-state index in [2.05, 4.69) is 6.07 Å². The summed E-state index contributed by atoms with van der Waals surface area (Å²) in [6.07, 6.45) is -0.460. The predicted molar refractivity (Wildman–Crippen MR) is 96.2 cm³/mol. The number of ether oxygens (including phenoxy) is 1. The van der Waals surface area contributed by atoms with Crippen LogP contribution < -0.4 is 4.74 Å². The summed E-state index contributed by atoms with van der Waals surface area (Å²) < 4.78 is 45.4. The molecule has 0 bridgehead atoms. The number of nitrogens with zero attached hydrogens (tertiary/aromatic N) is 2. The van der Waals surface area contributed by atoms with E-state index in [0.717, 1.165) is 21.5 Å². The lowest BCUT2D eigenvalue weighted by atomic mass is 9.72. The fourth-order valence-electron chi connectivity index (χ4n) is 4.51. The molecule has 0 radical (unpaired) electrons. The third-order valence-corrected chi connectivity index (χ3v) is 5.84. The van der Waals surface area contributed by atoms with Gasteiger partial charge in [-0.3, -0.25) is 0 Å². The van der Waals surface area contributed by atoms with Crippen LogP contribution in [0.1, 0.15) is 37.2 Å². The van der Waals surface area contributed by atoms with Gasteiger partial charge in [-0.05, 0) is 36.5 Å². The fraction of sp³-hybridized carbons (Fsp3) is 0.429. The third kappa shape index (κ3) is 3.28. The van der Waals surface area contributed by atoms with Gasteiger partial charge in [0.05, 0.1) is 6.07 Å². The highest BCUT2D eigenvalue weighted by Crippen LogP contribution is 2.49. The van der Waals surface area contributed by atoms with Gasteiger partial charge in [-0.25, -0.2) is 0 Å². The molecule has 4 nitrogen and oxygen atoms in total. The molecule has 1 atom stereocenters. The van der Waals surface area contributed by atoms with Gasteiger partial charge in [0.1, 0.15) is 24.6 Å². The van der Waals surface area contributed by atoms with Crippen molar-refractivity contribution in [2.45, 2.75) is 37.8 Å². The molecule has 1 aliphatic carbocycles. The molecule has 2 aliphatic heterocycles. The van der Waals surface area contributed by atoms with Crippen LogP contribution in [0.3, 0.4) is 0 Å². The number of benzene rings is 1. The Hall–Kier alpha value is -2.75. The van der Waals surface area contributed by atoms with E-state index in [0.29, 0.717) is 37.0 Å². The summed E-state index contributed by atoms with van der Waals surface area (Å²) in [5.41, 5.74) is 2.86. The van der Waals surface area contributed by atoms with Gasteiger partial charge >= 0.3 is 12.1 Å². The summed E-state index contributed by atoms with van der Waals surface area (Å²) in [5.74, 6) is 0.168. The van der Waals surface area contributed by atoms with E-state index in [1.165, 1.54) is 0 Å². The minimum atomic E-state index is -4.71. The summed E-state index contributed by atoms with van der Waals surface area (Å²) in [6, 6.07) is 9.92. The molecule has 1 unspecified atom stereocenters. The number of aliphatic hydroxyl groups excluding tert-OH is 1. The van der Waals surface area contributed by atoms with Crippen LogP contribution in [0.4, 0.5) is 13.2 Å². The topological polar surface area (TPSA) is 56.3 Å². The van der Waals surface area contributed by atoms with Gasteiger partial charge in [0, 0.05) is 29.9 Å². The molecule has 28 heavy (non-hydrogen) atoms. The van der Waals surface area contributed by atoms with Gasteiger partial charge < -0.3 is 9.84 Å². The molecule has 1 saturated heterocycles. The summed E-state index contributed by atoms with van der Waals surface area (Å²) in [6.45, 7) is 0.328. The number of piperidine rings is 1. The Morgan fingerprint density at radius 2 is 1.89 bits per heavy atom. The first-order chi connectivity index (χ1) is 13.4. The molecule has 1 fully saturated rings. The quantitative estimate of drug-likeness (QED) is 0.564. The van der Waals surface area contributed by atoms with E-state index in [-0.39, 0.29) is 24.9 Å². The summed E-state index contributed by atoms with van der Waals surface area (Å²) in [5, 5.41) is 18.7. The highest BCUT2D eigenvalue weighted by atomic mass is 19.4. The molecule has 0 saturated carbocycles. The Kier molecular flexibility index (Phi) is 4.66. The maximum atomic E-state index is 12.8. The van der Waals surface area contributed by atoms with Crippen molar-refractivity contribution in [3.05, 3.63) is 52.8 Å². The molecule has 4 rings (SSSR count). The van der Waals surface area contributed by atoms with Crippen molar-refractivity contribution in [2.24, 2.45) is 5.92 Å². The van der Waals surface area contributed by atoms with Crippen molar-refractivity contribution in [1.29, 1.82) is 5.26 Å². The smallest absolute Gasteiger partial charge is 0.457 e. The first-order valence-corrected chi connectivity index (χ1v) is 9.37. The zero-order chi connectivity index (χ0) is 19.9.